The fourth-order valence-electron chi connectivity index (χ4n) is 2.53. The molecular weight excluding hydrogens is 294 g/mol. The van der Waals surface area contributed by atoms with E-state index in [0.29, 0.717) is 13.1 Å². The van der Waals surface area contributed by atoms with Gasteiger partial charge in [0.1, 0.15) is 0 Å². The molecule has 2 N–H and O–H groups in total. The highest BCUT2D eigenvalue weighted by Gasteiger charge is 2.09. The molecule has 1 atom stereocenters. The Morgan fingerprint density at radius 1 is 1.32 bits per heavy atom. The second kappa shape index (κ2) is 6.60. The van der Waals surface area contributed by atoms with E-state index in [1.807, 2.05) is 17.0 Å². The number of nitrogens with zero attached hydrogens (tertiary/aromatic N) is 2. The van der Waals surface area contributed by atoms with Gasteiger partial charge in [-0.2, -0.15) is 0 Å². The van der Waals surface area contributed by atoms with Gasteiger partial charge >= 0.3 is 0 Å². The van der Waals surface area contributed by atoms with Crippen molar-refractivity contribution in [2.24, 2.45) is 0 Å². The van der Waals surface area contributed by atoms with Crippen LogP contribution in [0.4, 0.5) is 0 Å². The van der Waals surface area contributed by atoms with Crippen molar-refractivity contribution in [3.05, 3.63) is 52.0 Å². The minimum Gasteiger partial charge on any atom is -0.390 e. The molecule has 0 aliphatic heterocycles. The zero-order chi connectivity index (χ0) is 15.5. The number of thiophene rings is 1. The van der Waals surface area contributed by atoms with Gasteiger partial charge in [0.15, 0.2) is 0 Å². The fraction of sp³-hybridized carbons (Fsp3) is 0.353. The molecule has 1 aromatic carbocycles. The number of fused-ring (bicyclic) bond motifs is 1. The third kappa shape index (κ3) is 3.38. The summed E-state index contributed by atoms with van der Waals surface area (Å²) in [7, 11) is 0. The molecular formula is C17H21N3OS. The van der Waals surface area contributed by atoms with Gasteiger partial charge in [-0.1, -0.05) is 6.07 Å². The smallest absolute Gasteiger partial charge is 0.0959 e. The van der Waals surface area contributed by atoms with Gasteiger partial charge in [-0.25, -0.2) is 4.98 Å². The predicted molar refractivity (Wildman–Crippen MR) is 91.2 cm³/mol. The Kier molecular flexibility index (Phi) is 4.57. The summed E-state index contributed by atoms with van der Waals surface area (Å²) < 4.78 is 2.03. The molecule has 4 nitrogen and oxygen atoms in total. The van der Waals surface area contributed by atoms with Crippen LogP contribution >= 0.6 is 11.3 Å². The summed E-state index contributed by atoms with van der Waals surface area (Å²) in [5, 5.41) is 15.6. The number of aryl methyl sites for hydroxylation is 2. The maximum absolute atomic E-state index is 10.2. The van der Waals surface area contributed by atoms with Gasteiger partial charge in [0.05, 0.1) is 30.0 Å². The molecule has 2 heterocycles. The van der Waals surface area contributed by atoms with Crippen LogP contribution < -0.4 is 5.32 Å². The van der Waals surface area contributed by atoms with E-state index in [1.165, 1.54) is 16.0 Å². The highest BCUT2D eigenvalue weighted by Crippen LogP contribution is 2.18. The second-order valence-electron chi connectivity index (χ2n) is 5.69. The van der Waals surface area contributed by atoms with Crippen LogP contribution in [-0.4, -0.2) is 27.3 Å². The zero-order valence-electron chi connectivity index (χ0n) is 12.9. The zero-order valence-corrected chi connectivity index (χ0v) is 13.7. The number of aliphatic hydroxyl groups is 1. The van der Waals surface area contributed by atoms with Crippen molar-refractivity contribution < 1.29 is 5.11 Å². The molecule has 0 aliphatic carbocycles. The first-order chi connectivity index (χ1) is 10.6. The minimum atomic E-state index is -0.432. The molecule has 0 amide bonds. The fourth-order valence-corrected chi connectivity index (χ4v) is 3.20. The summed E-state index contributed by atoms with van der Waals surface area (Å²) in [5.41, 5.74) is 4.57. The first kappa shape index (κ1) is 15.2. The highest BCUT2D eigenvalue weighted by molar-refractivity contribution is 7.09. The third-order valence-electron chi connectivity index (χ3n) is 3.90. The number of hydrogen-bond donors (Lipinski definition) is 2. The number of aromatic nitrogens is 2. The lowest BCUT2D eigenvalue weighted by Crippen LogP contribution is -2.29. The summed E-state index contributed by atoms with van der Waals surface area (Å²) in [6, 6.07) is 8.38. The lowest BCUT2D eigenvalue weighted by Gasteiger charge is -2.13. The van der Waals surface area contributed by atoms with E-state index in [0.717, 1.165) is 17.6 Å². The van der Waals surface area contributed by atoms with Gasteiger partial charge in [0.25, 0.3) is 0 Å². The Morgan fingerprint density at radius 2 is 2.14 bits per heavy atom. The summed E-state index contributed by atoms with van der Waals surface area (Å²) >= 11 is 1.73. The van der Waals surface area contributed by atoms with Gasteiger partial charge < -0.3 is 15.0 Å². The van der Waals surface area contributed by atoms with Crippen molar-refractivity contribution in [1.82, 2.24) is 14.9 Å². The van der Waals surface area contributed by atoms with Crippen molar-refractivity contribution in [2.75, 3.05) is 6.54 Å². The van der Waals surface area contributed by atoms with Crippen LogP contribution in [-0.2, 0) is 13.1 Å². The largest absolute Gasteiger partial charge is 0.390 e. The number of benzene rings is 1. The van der Waals surface area contributed by atoms with Crippen LogP contribution in [0.15, 0.2) is 36.0 Å². The maximum Gasteiger partial charge on any atom is 0.0959 e. The Morgan fingerprint density at radius 3 is 2.91 bits per heavy atom. The van der Waals surface area contributed by atoms with E-state index in [2.05, 4.69) is 47.7 Å². The molecule has 0 aliphatic rings. The summed E-state index contributed by atoms with van der Waals surface area (Å²) in [5.74, 6) is 0. The number of imidazole rings is 1. The average molecular weight is 315 g/mol. The average Bonchev–Trinajstić information content (AvgIpc) is 3.11. The molecule has 0 spiro atoms. The Bertz CT molecular complexity index is 749. The van der Waals surface area contributed by atoms with E-state index < -0.39 is 6.10 Å². The quantitative estimate of drug-likeness (QED) is 0.735. The van der Waals surface area contributed by atoms with Crippen molar-refractivity contribution in [2.45, 2.75) is 33.0 Å². The number of nitrogens with one attached hydrogen (secondary N) is 1. The molecule has 3 aromatic rings. The lowest BCUT2D eigenvalue weighted by atomic mass is 10.1. The molecule has 0 saturated heterocycles. The van der Waals surface area contributed by atoms with Crippen molar-refractivity contribution in [1.29, 1.82) is 0 Å². The standard InChI is InChI=1S/C17H21N3OS/c1-12-6-16-17(7-13(12)2)20(11-19-16)10-14(21)8-18-9-15-4-3-5-22-15/h3-7,11,14,18,21H,8-10H2,1-2H3/t14-/m1/s1. The predicted octanol–water partition coefficient (Wildman–Crippen LogP) is 2.87. The monoisotopic (exact) mass is 315 g/mol. The van der Waals surface area contributed by atoms with E-state index in [1.54, 1.807) is 11.3 Å². The molecule has 2 aromatic heterocycles. The van der Waals surface area contributed by atoms with Crippen molar-refractivity contribution in [3.8, 4) is 0 Å². The molecule has 116 valence electrons. The Labute approximate surface area is 134 Å². The van der Waals surface area contributed by atoms with E-state index in [9.17, 15) is 5.11 Å². The maximum atomic E-state index is 10.2. The van der Waals surface area contributed by atoms with Crippen LogP contribution in [0.25, 0.3) is 11.0 Å². The summed E-state index contributed by atoms with van der Waals surface area (Å²) in [6.45, 7) is 6.12. The highest BCUT2D eigenvalue weighted by atomic mass is 32.1. The molecule has 0 saturated carbocycles. The number of rotatable bonds is 6. The van der Waals surface area contributed by atoms with Gasteiger partial charge in [0.2, 0.25) is 0 Å². The van der Waals surface area contributed by atoms with Crippen LogP contribution in [0.2, 0.25) is 0 Å². The first-order valence-electron chi connectivity index (χ1n) is 7.47. The van der Waals surface area contributed by atoms with Gasteiger partial charge in [-0.15, -0.1) is 11.3 Å². The SMILES string of the molecule is Cc1cc2ncn(C[C@H](O)CNCc3cccs3)c2cc1C. The van der Waals surface area contributed by atoms with Gasteiger partial charge in [0, 0.05) is 18.0 Å². The van der Waals surface area contributed by atoms with Crippen LogP contribution in [0.5, 0.6) is 0 Å². The first-order valence-corrected chi connectivity index (χ1v) is 8.34. The third-order valence-corrected chi connectivity index (χ3v) is 4.78. The van der Waals surface area contributed by atoms with E-state index >= 15 is 0 Å². The molecule has 0 unspecified atom stereocenters. The van der Waals surface area contributed by atoms with Crippen molar-refractivity contribution in [3.63, 3.8) is 0 Å². The topological polar surface area (TPSA) is 50.1 Å². The van der Waals surface area contributed by atoms with Gasteiger partial charge in [-0.3, -0.25) is 0 Å². The molecule has 0 fully saturated rings. The number of aliphatic hydroxyl groups excluding tert-OH is 1. The lowest BCUT2D eigenvalue weighted by molar-refractivity contribution is 0.152. The van der Waals surface area contributed by atoms with E-state index in [4.69, 9.17) is 0 Å². The second-order valence-corrected chi connectivity index (χ2v) is 6.72. The van der Waals surface area contributed by atoms with Crippen LogP contribution in [0.3, 0.4) is 0 Å². The van der Waals surface area contributed by atoms with Crippen LogP contribution in [0.1, 0.15) is 16.0 Å². The normalized spacial score (nSPS) is 12.9. The van der Waals surface area contributed by atoms with Crippen molar-refractivity contribution >= 4 is 22.4 Å². The minimum absolute atomic E-state index is 0.432. The van der Waals surface area contributed by atoms with E-state index in [-0.39, 0.29) is 0 Å². The molecule has 0 radical (unpaired) electrons. The summed E-state index contributed by atoms with van der Waals surface area (Å²) in [6.07, 6.45) is 1.38. The summed E-state index contributed by atoms with van der Waals surface area (Å²) in [4.78, 5) is 5.71. The number of hydrogen-bond acceptors (Lipinski definition) is 4. The van der Waals surface area contributed by atoms with Gasteiger partial charge in [-0.05, 0) is 48.6 Å². The molecule has 5 heteroatoms. The van der Waals surface area contributed by atoms with Crippen LogP contribution in [0, 0.1) is 13.8 Å². The molecule has 3 rings (SSSR count). The molecule has 22 heavy (non-hydrogen) atoms. The molecule has 0 bridgehead atoms. The Hall–Kier alpha value is -1.69. The Balaban J connectivity index is 1.61.